The number of hydrogen-bond acceptors (Lipinski definition) is 0. The summed E-state index contributed by atoms with van der Waals surface area (Å²) in [5.41, 5.74) is 2.09. The van der Waals surface area contributed by atoms with E-state index >= 15 is 0 Å². The third-order valence-electron chi connectivity index (χ3n) is 2.04. The summed E-state index contributed by atoms with van der Waals surface area (Å²) in [6.07, 6.45) is 8.05. The fourth-order valence-corrected chi connectivity index (χ4v) is 1.14. The van der Waals surface area contributed by atoms with Crippen LogP contribution in [-0.2, 0) is 0 Å². The largest absolute Gasteiger partial charge is 0.0793 e. The van der Waals surface area contributed by atoms with Gasteiger partial charge in [0.25, 0.3) is 0 Å². The zero-order valence-corrected chi connectivity index (χ0v) is 4.44. The van der Waals surface area contributed by atoms with Crippen molar-refractivity contribution in [2.24, 2.45) is 5.41 Å². The van der Waals surface area contributed by atoms with Crippen LogP contribution in [0.15, 0.2) is 23.8 Å². The Kier molecular flexibility index (Phi) is 0.351. The van der Waals surface area contributed by atoms with Crippen molar-refractivity contribution in [3.8, 4) is 0 Å². The Labute approximate surface area is 43.5 Å². The second-order valence-electron chi connectivity index (χ2n) is 2.61. The van der Waals surface area contributed by atoms with E-state index < -0.39 is 0 Å². The molecule has 36 valence electrons. The van der Waals surface area contributed by atoms with E-state index in [0.29, 0.717) is 5.41 Å². The normalized spacial score (nSPS) is 43.3. The van der Waals surface area contributed by atoms with Gasteiger partial charge in [0, 0.05) is 5.41 Å². The van der Waals surface area contributed by atoms with Gasteiger partial charge in [0.15, 0.2) is 0 Å². The van der Waals surface area contributed by atoms with Gasteiger partial charge in [0.05, 0.1) is 0 Å². The molecule has 0 aromatic rings. The van der Waals surface area contributed by atoms with Crippen LogP contribution < -0.4 is 0 Å². The summed E-state index contributed by atoms with van der Waals surface area (Å²) in [6, 6.07) is 0. The molecule has 2 rings (SSSR count). The number of fused-ring (bicyclic) bond motifs is 1. The van der Waals surface area contributed by atoms with Gasteiger partial charge in [-0.15, -0.1) is 0 Å². The molecule has 0 saturated carbocycles. The molecule has 0 spiro atoms. The molecule has 2 aliphatic rings. The molecule has 0 aromatic heterocycles. The molecule has 0 saturated heterocycles. The first-order valence-electron chi connectivity index (χ1n) is 2.71. The number of rotatable bonds is 0. The van der Waals surface area contributed by atoms with E-state index in [1.54, 1.807) is 5.57 Å². The maximum atomic E-state index is 2.29. The molecule has 0 heteroatoms. The Morgan fingerprint density at radius 2 is 2.43 bits per heavy atom. The summed E-state index contributed by atoms with van der Waals surface area (Å²) in [4.78, 5) is 0. The van der Waals surface area contributed by atoms with Crippen LogP contribution in [0.5, 0.6) is 0 Å². The Morgan fingerprint density at radius 3 is 2.43 bits per heavy atom. The van der Waals surface area contributed by atoms with Gasteiger partial charge in [-0.05, 0) is 12.0 Å². The van der Waals surface area contributed by atoms with Gasteiger partial charge in [-0.2, -0.15) is 0 Å². The lowest BCUT2D eigenvalue weighted by molar-refractivity contribution is 0.446. The standard InChI is InChI=1S/C7H8/c1-7-4-2-6(7)3-5-7/h2-4H,5H2,1H3. The van der Waals surface area contributed by atoms with Crippen LogP contribution in [0.4, 0.5) is 0 Å². The average Bonchev–Trinajstić information content (AvgIpc) is 1.67. The van der Waals surface area contributed by atoms with Gasteiger partial charge in [0.1, 0.15) is 0 Å². The lowest BCUT2D eigenvalue weighted by Gasteiger charge is -2.41. The van der Waals surface area contributed by atoms with E-state index in [2.05, 4.69) is 25.2 Å². The Bertz CT molecular complexity index is 163. The first-order valence-corrected chi connectivity index (χ1v) is 2.71. The first kappa shape index (κ1) is 3.48. The predicted octanol–water partition coefficient (Wildman–Crippen LogP) is 1.89. The van der Waals surface area contributed by atoms with Gasteiger partial charge < -0.3 is 0 Å². The zero-order chi connectivity index (χ0) is 4.91. The summed E-state index contributed by atoms with van der Waals surface area (Å²) in [5, 5.41) is 0. The predicted molar refractivity (Wildman–Crippen MR) is 29.9 cm³/mol. The molecule has 0 aliphatic heterocycles. The van der Waals surface area contributed by atoms with Crippen LogP contribution in [0.25, 0.3) is 0 Å². The summed E-state index contributed by atoms with van der Waals surface area (Å²) < 4.78 is 0. The Balaban J connectivity index is 2.52. The molecule has 0 N–H and O–H groups in total. The Morgan fingerprint density at radius 1 is 1.71 bits per heavy atom. The van der Waals surface area contributed by atoms with Crippen molar-refractivity contribution in [1.82, 2.24) is 0 Å². The van der Waals surface area contributed by atoms with Crippen molar-refractivity contribution >= 4 is 0 Å². The number of hydrogen-bond donors (Lipinski definition) is 0. The zero-order valence-electron chi connectivity index (χ0n) is 4.44. The maximum Gasteiger partial charge on any atom is 0.0138 e. The van der Waals surface area contributed by atoms with Crippen LogP contribution >= 0.6 is 0 Å². The summed E-state index contributed by atoms with van der Waals surface area (Å²) in [6.45, 7) is 2.28. The Hall–Kier alpha value is -0.520. The molecule has 7 heavy (non-hydrogen) atoms. The van der Waals surface area contributed by atoms with E-state index in [4.69, 9.17) is 0 Å². The highest BCUT2D eigenvalue weighted by molar-refractivity contribution is 5.48. The fraction of sp³-hybridized carbons (Fsp3) is 0.429. The van der Waals surface area contributed by atoms with Gasteiger partial charge in [0.2, 0.25) is 0 Å². The molecule has 0 radical (unpaired) electrons. The highest BCUT2D eigenvalue weighted by Crippen LogP contribution is 2.49. The van der Waals surface area contributed by atoms with Crippen LogP contribution in [0, 0.1) is 5.41 Å². The van der Waals surface area contributed by atoms with Crippen molar-refractivity contribution in [2.45, 2.75) is 13.3 Å². The molecular formula is C7H8. The second-order valence-corrected chi connectivity index (χ2v) is 2.61. The van der Waals surface area contributed by atoms with Crippen LogP contribution in [-0.4, -0.2) is 0 Å². The highest BCUT2D eigenvalue weighted by atomic mass is 14.4. The topological polar surface area (TPSA) is 0 Å². The van der Waals surface area contributed by atoms with Crippen LogP contribution in [0.2, 0.25) is 0 Å². The van der Waals surface area contributed by atoms with E-state index in [0.717, 1.165) is 0 Å². The SMILES string of the molecule is CC12C=CC1=CC2. The smallest absolute Gasteiger partial charge is 0.0138 e. The van der Waals surface area contributed by atoms with Gasteiger partial charge >= 0.3 is 0 Å². The van der Waals surface area contributed by atoms with Gasteiger partial charge in [-0.1, -0.05) is 25.2 Å². The van der Waals surface area contributed by atoms with Gasteiger partial charge in [-0.25, -0.2) is 0 Å². The summed E-state index contributed by atoms with van der Waals surface area (Å²) in [7, 11) is 0. The maximum absolute atomic E-state index is 2.29. The molecule has 0 heterocycles. The molecule has 0 fully saturated rings. The summed E-state index contributed by atoms with van der Waals surface area (Å²) in [5.74, 6) is 0. The molecule has 1 unspecified atom stereocenters. The summed E-state index contributed by atoms with van der Waals surface area (Å²) >= 11 is 0. The van der Waals surface area contributed by atoms with Gasteiger partial charge in [-0.3, -0.25) is 0 Å². The minimum atomic E-state index is 0.542. The minimum Gasteiger partial charge on any atom is -0.0793 e. The van der Waals surface area contributed by atoms with Crippen molar-refractivity contribution in [3.63, 3.8) is 0 Å². The van der Waals surface area contributed by atoms with Crippen molar-refractivity contribution in [3.05, 3.63) is 23.8 Å². The third-order valence-corrected chi connectivity index (χ3v) is 2.04. The minimum absolute atomic E-state index is 0.542. The third kappa shape index (κ3) is 0.217. The van der Waals surface area contributed by atoms with E-state index in [9.17, 15) is 0 Å². The van der Waals surface area contributed by atoms with E-state index in [-0.39, 0.29) is 0 Å². The quantitative estimate of drug-likeness (QED) is 0.428. The molecule has 0 bridgehead atoms. The monoisotopic (exact) mass is 92.1 g/mol. The van der Waals surface area contributed by atoms with Crippen molar-refractivity contribution < 1.29 is 0 Å². The molecule has 0 amide bonds. The highest BCUT2D eigenvalue weighted by Gasteiger charge is 2.36. The molecule has 0 nitrogen and oxygen atoms in total. The molecule has 2 aliphatic carbocycles. The van der Waals surface area contributed by atoms with E-state index in [1.165, 1.54) is 6.42 Å². The molecule has 1 atom stereocenters. The average molecular weight is 92.1 g/mol. The first-order chi connectivity index (χ1) is 3.31. The molecular weight excluding hydrogens is 84.1 g/mol. The second kappa shape index (κ2) is 0.706. The fourth-order valence-electron chi connectivity index (χ4n) is 1.14. The van der Waals surface area contributed by atoms with Crippen LogP contribution in [0.1, 0.15) is 13.3 Å². The number of allylic oxidation sites excluding steroid dienone is 4. The molecule has 0 aromatic carbocycles. The lowest BCUT2D eigenvalue weighted by Crippen LogP contribution is -2.28. The lowest BCUT2D eigenvalue weighted by atomic mass is 9.63. The van der Waals surface area contributed by atoms with Crippen molar-refractivity contribution in [2.75, 3.05) is 0 Å². The van der Waals surface area contributed by atoms with Crippen LogP contribution in [0.3, 0.4) is 0 Å². The van der Waals surface area contributed by atoms with E-state index in [1.807, 2.05) is 0 Å². The van der Waals surface area contributed by atoms with Crippen molar-refractivity contribution in [1.29, 1.82) is 0 Å².